The van der Waals surface area contributed by atoms with Gasteiger partial charge in [0, 0.05) is 13.6 Å². The van der Waals surface area contributed by atoms with Crippen LogP contribution in [-0.4, -0.2) is 32.8 Å². The molecule has 0 aliphatic carbocycles. The highest BCUT2D eigenvalue weighted by Crippen LogP contribution is 2.14. The Bertz CT molecular complexity index is 540. The third-order valence-corrected chi connectivity index (χ3v) is 4.26. The largest absolute Gasteiger partial charge is 0.377 e. The maximum Gasteiger partial charge on any atom is 0.191 e. The quantitative estimate of drug-likeness (QED) is 0.304. The molecular formula is C19H30IN3O. The van der Waals surface area contributed by atoms with Crippen LogP contribution in [0, 0.1) is 0 Å². The first-order valence-corrected chi connectivity index (χ1v) is 8.54. The van der Waals surface area contributed by atoms with Crippen molar-refractivity contribution < 1.29 is 4.74 Å². The molecule has 1 aliphatic rings. The van der Waals surface area contributed by atoms with Crippen molar-refractivity contribution in [3.8, 4) is 0 Å². The summed E-state index contributed by atoms with van der Waals surface area (Å²) < 4.78 is 5.33. The Labute approximate surface area is 163 Å². The van der Waals surface area contributed by atoms with Crippen molar-refractivity contribution >= 4 is 29.9 Å². The van der Waals surface area contributed by atoms with Gasteiger partial charge in [0.1, 0.15) is 0 Å². The van der Waals surface area contributed by atoms with Crippen LogP contribution in [0.1, 0.15) is 43.9 Å². The van der Waals surface area contributed by atoms with Crippen LogP contribution >= 0.6 is 24.0 Å². The van der Waals surface area contributed by atoms with E-state index in [1.54, 1.807) is 0 Å². The van der Waals surface area contributed by atoms with Gasteiger partial charge in [0.25, 0.3) is 0 Å². The molecule has 2 rings (SSSR count). The van der Waals surface area contributed by atoms with E-state index in [4.69, 9.17) is 4.74 Å². The van der Waals surface area contributed by atoms with Gasteiger partial charge < -0.3 is 15.4 Å². The second kappa shape index (κ2) is 11.5. The summed E-state index contributed by atoms with van der Waals surface area (Å²) >= 11 is 0. The van der Waals surface area contributed by atoms with Crippen molar-refractivity contribution in [2.75, 3.05) is 26.8 Å². The molecule has 0 radical (unpaired) electrons. The molecule has 1 aromatic rings. The summed E-state index contributed by atoms with van der Waals surface area (Å²) in [6, 6.07) is 9.00. The lowest BCUT2D eigenvalue weighted by Gasteiger charge is -2.19. The number of rotatable bonds is 6. The van der Waals surface area contributed by atoms with E-state index in [0.29, 0.717) is 0 Å². The van der Waals surface area contributed by atoms with Gasteiger partial charge in [0.05, 0.1) is 19.3 Å². The van der Waals surface area contributed by atoms with E-state index < -0.39 is 0 Å². The molecule has 4 nitrogen and oxygen atoms in total. The SMILES string of the molecule is CCc1ccc(C(C)NC(=NC)NCCC2=CCOCC2)cc1.I. The molecule has 5 heteroatoms. The molecule has 0 spiro atoms. The Morgan fingerprint density at radius 1 is 1.29 bits per heavy atom. The Kier molecular flexibility index (Phi) is 10.0. The van der Waals surface area contributed by atoms with Crippen molar-refractivity contribution in [2.24, 2.45) is 4.99 Å². The molecule has 0 saturated carbocycles. The highest BCUT2D eigenvalue weighted by Gasteiger charge is 2.08. The first-order chi connectivity index (χ1) is 11.2. The van der Waals surface area contributed by atoms with Crippen LogP contribution < -0.4 is 10.6 Å². The van der Waals surface area contributed by atoms with E-state index in [9.17, 15) is 0 Å². The number of aliphatic imine (C=N–C) groups is 1. The van der Waals surface area contributed by atoms with Crippen LogP contribution in [0.5, 0.6) is 0 Å². The van der Waals surface area contributed by atoms with Gasteiger partial charge in [-0.2, -0.15) is 0 Å². The molecule has 24 heavy (non-hydrogen) atoms. The second-order valence-electron chi connectivity index (χ2n) is 5.90. The molecule has 2 N–H and O–H groups in total. The molecule has 1 heterocycles. The number of aryl methyl sites for hydroxylation is 1. The molecule has 1 aromatic carbocycles. The summed E-state index contributed by atoms with van der Waals surface area (Å²) in [7, 11) is 1.82. The lowest BCUT2D eigenvalue weighted by Crippen LogP contribution is -2.39. The fourth-order valence-corrected chi connectivity index (χ4v) is 2.66. The standard InChI is InChI=1S/C19H29N3O.HI/c1-4-16-5-7-18(8-6-16)15(2)22-19(20-3)21-12-9-17-10-13-23-14-11-17;/h5-8,10,15H,4,9,11-14H2,1-3H3,(H2,20,21,22);1H. The third kappa shape index (κ3) is 6.81. The van der Waals surface area contributed by atoms with E-state index >= 15 is 0 Å². The second-order valence-corrected chi connectivity index (χ2v) is 5.90. The smallest absolute Gasteiger partial charge is 0.191 e. The van der Waals surface area contributed by atoms with E-state index in [1.165, 1.54) is 16.7 Å². The van der Waals surface area contributed by atoms with Gasteiger partial charge in [0.15, 0.2) is 5.96 Å². The Balaban J connectivity index is 0.00000288. The maximum absolute atomic E-state index is 5.33. The summed E-state index contributed by atoms with van der Waals surface area (Å²) in [5.74, 6) is 0.852. The van der Waals surface area contributed by atoms with Gasteiger partial charge in [-0.25, -0.2) is 0 Å². The molecule has 0 fully saturated rings. The number of hydrogen-bond acceptors (Lipinski definition) is 2. The van der Waals surface area contributed by atoms with Crippen LogP contribution in [0.4, 0.5) is 0 Å². The van der Waals surface area contributed by atoms with Gasteiger partial charge in [0.2, 0.25) is 0 Å². The monoisotopic (exact) mass is 443 g/mol. The van der Waals surface area contributed by atoms with Crippen LogP contribution in [0.25, 0.3) is 0 Å². The highest BCUT2D eigenvalue weighted by atomic mass is 127. The first-order valence-electron chi connectivity index (χ1n) is 8.54. The molecule has 1 aliphatic heterocycles. The highest BCUT2D eigenvalue weighted by molar-refractivity contribution is 14.0. The van der Waals surface area contributed by atoms with Crippen molar-refractivity contribution in [1.29, 1.82) is 0 Å². The topological polar surface area (TPSA) is 45.7 Å². The number of nitrogens with zero attached hydrogens (tertiary/aromatic N) is 1. The number of nitrogens with one attached hydrogen (secondary N) is 2. The molecule has 1 unspecified atom stereocenters. The molecule has 0 saturated heterocycles. The number of ether oxygens (including phenoxy) is 1. The fourth-order valence-electron chi connectivity index (χ4n) is 2.66. The molecule has 0 bridgehead atoms. The zero-order valence-corrected chi connectivity index (χ0v) is 17.3. The normalized spacial score (nSPS) is 16.0. The number of hydrogen-bond donors (Lipinski definition) is 2. The summed E-state index contributed by atoms with van der Waals surface area (Å²) in [6.45, 7) is 6.84. The van der Waals surface area contributed by atoms with Gasteiger partial charge in [-0.15, -0.1) is 24.0 Å². The summed E-state index contributed by atoms with van der Waals surface area (Å²) in [5, 5.41) is 6.85. The zero-order chi connectivity index (χ0) is 16.5. The first kappa shape index (κ1) is 21.0. The Morgan fingerprint density at radius 3 is 2.62 bits per heavy atom. The lowest BCUT2D eigenvalue weighted by atomic mass is 10.1. The average Bonchev–Trinajstić information content (AvgIpc) is 2.61. The van der Waals surface area contributed by atoms with Gasteiger partial charge in [-0.05, 0) is 37.3 Å². The van der Waals surface area contributed by atoms with E-state index in [2.05, 4.69) is 59.8 Å². The van der Waals surface area contributed by atoms with Crippen molar-refractivity contribution in [2.45, 2.75) is 39.2 Å². The molecule has 0 amide bonds. The Morgan fingerprint density at radius 2 is 2.04 bits per heavy atom. The van der Waals surface area contributed by atoms with Crippen molar-refractivity contribution in [3.63, 3.8) is 0 Å². The van der Waals surface area contributed by atoms with Crippen molar-refractivity contribution in [1.82, 2.24) is 10.6 Å². The van der Waals surface area contributed by atoms with Crippen LogP contribution in [0.2, 0.25) is 0 Å². The molecular weight excluding hydrogens is 413 g/mol. The number of benzene rings is 1. The average molecular weight is 443 g/mol. The lowest BCUT2D eigenvalue weighted by molar-refractivity contribution is 0.153. The minimum absolute atomic E-state index is 0. The number of halogens is 1. The summed E-state index contributed by atoms with van der Waals surface area (Å²) in [5.41, 5.74) is 4.12. The van der Waals surface area contributed by atoms with E-state index in [0.717, 1.165) is 45.0 Å². The Hall–Kier alpha value is -1.08. The summed E-state index contributed by atoms with van der Waals surface area (Å²) in [4.78, 5) is 4.32. The predicted octanol–water partition coefficient (Wildman–Crippen LogP) is 3.83. The van der Waals surface area contributed by atoms with Crippen LogP contribution in [0.3, 0.4) is 0 Å². The van der Waals surface area contributed by atoms with Gasteiger partial charge in [-0.1, -0.05) is 42.8 Å². The minimum Gasteiger partial charge on any atom is -0.377 e. The van der Waals surface area contributed by atoms with E-state index in [1.807, 2.05) is 7.05 Å². The maximum atomic E-state index is 5.33. The summed E-state index contributed by atoms with van der Waals surface area (Å²) in [6.07, 6.45) is 5.36. The fraction of sp³-hybridized carbons (Fsp3) is 0.526. The van der Waals surface area contributed by atoms with Crippen molar-refractivity contribution in [3.05, 3.63) is 47.0 Å². The van der Waals surface area contributed by atoms with E-state index in [-0.39, 0.29) is 30.0 Å². The predicted molar refractivity (Wildman–Crippen MR) is 112 cm³/mol. The van der Waals surface area contributed by atoms with Crippen LogP contribution in [0.15, 0.2) is 40.9 Å². The molecule has 1 atom stereocenters. The minimum atomic E-state index is 0. The van der Waals surface area contributed by atoms with Crippen LogP contribution in [-0.2, 0) is 11.2 Å². The third-order valence-electron chi connectivity index (χ3n) is 4.26. The van der Waals surface area contributed by atoms with Gasteiger partial charge in [-0.3, -0.25) is 4.99 Å². The zero-order valence-electron chi connectivity index (χ0n) is 15.0. The number of guanidine groups is 1. The molecule has 134 valence electrons. The van der Waals surface area contributed by atoms with Gasteiger partial charge >= 0.3 is 0 Å². The molecule has 0 aromatic heterocycles.